The number of aromatic nitrogens is 1. The lowest BCUT2D eigenvalue weighted by atomic mass is 9.86. The number of carbonyl (C=O) groups excluding carboxylic acids is 2. The second-order valence-electron chi connectivity index (χ2n) is 11.9. The van der Waals surface area contributed by atoms with E-state index in [-0.39, 0.29) is 29.5 Å². The van der Waals surface area contributed by atoms with Crippen LogP contribution in [-0.4, -0.2) is 57.2 Å². The molecular weight excluding hydrogens is 622 g/mol. The third-order valence-corrected chi connectivity index (χ3v) is 9.88. The summed E-state index contributed by atoms with van der Waals surface area (Å²) in [4.78, 5) is 41.1. The lowest BCUT2D eigenvalue weighted by molar-refractivity contribution is -0.384. The lowest BCUT2D eigenvalue weighted by Gasteiger charge is -2.30. The molecule has 2 amide bonds. The molecule has 1 saturated heterocycles. The summed E-state index contributed by atoms with van der Waals surface area (Å²) >= 11 is 1.54. The van der Waals surface area contributed by atoms with Crippen LogP contribution in [-0.2, 0) is 20.5 Å². The van der Waals surface area contributed by atoms with Crippen LogP contribution in [0.4, 0.5) is 21.0 Å². The van der Waals surface area contributed by atoms with Gasteiger partial charge in [-0.25, -0.2) is 23.5 Å². The van der Waals surface area contributed by atoms with Crippen molar-refractivity contribution in [2.45, 2.75) is 75.0 Å². The summed E-state index contributed by atoms with van der Waals surface area (Å²) < 4.78 is 32.2. The molecule has 0 spiro atoms. The Balaban J connectivity index is 1.26. The number of hydrogen-bond donors (Lipinski definition) is 3. The van der Waals surface area contributed by atoms with Gasteiger partial charge >= 0.3 is 12.2 Å². The van der Waals surface area contributed by atoms with Crippen LogP contribution in [0.15, 0.2) is 53.6 Å². The van der Waals surface area contributed by atoms with Crippen molar-refractivity contribution in [3.05, 3.63) is 63.8 Å². The molecule has 15 heteroatoms. The summed E-state index contributed by atoms with van der Waals surface area (Å²) in [6.45, 7) is 6.62. The number of carbonyl (C=O) groups is 2. The van der Waals surface area contributed by atoms with Crippen molar-refractivity contribution in [3.8, 4) is 16.2 Å². The fraction of sp³-hybridized carbons (Fsp3) is 0.433. The van der Waals surface area contributed by atoms with Crippen LogP contribution in [0.2, 0.25) is 0 Å². The molecule has 0 bridgehead atoms. The summed E-state index contributed by atoms with van der Waals surface area (Å²) in [7, 11) is -1.63. The number of nitro groups is 1. The van der Waals surface area contributed by atoms with Gasteiger partial charge in [-0.15, -0.1) is 11.3 Å². The molecule has 1 aliphatic carbocycles. The number of ether oxygens (including phenoxy) is 3. The molecule has 5 rings (SSSR count). The van der Waals surface area contributed by atoms with E-state index < -0.39 is 33.6 Å². The number of nitrogens with zero attached hydrogens (tertiary/aromatic N) is 2. The Morgan fingerprint density at radius 2 is 1.78 bits per heavy atom. The predicted octanol–water partition coefficient (Wildman–Crippen LogP) is 5.89. The van der Waals surface area contributed by atoms with E-state index in [1.54, 1.807) is 35.7 Å². The number of non-ortho nitro benzene ring substituents is 1. The number of hydrogen-bond acceptors (Lipinski definition) is 10. The monoisotopic (exact) mass is 657 g/mol. The second-order valence-corrected chi connectivity index (χ2v) is 14.2. The van der Waals surface area contributed by atoms with Crippen LogP contribution in [0, 0.1) is 10.1 Å². The topological polar surface area (TPSA) is 171 Å². The number of benzene rings is 2. The molecule has 2 aliphatic rings. The fourth-order valence-electron chi connectivity index (χ4n) is 4.90. The van der Waals surface area contributed by atoms with Gasteiger partial charge in [-0.1, -0.05) is 6.07 Å². The van der Waals surface area contributed by atoms with Gasteiger partial charge in [0.15, 0.2) is 6.10 Å². The minimum absolute atomic E-state index is 0.0545. The van der Waals surface area contributed by atoms with E-state index in [2.05, 4.69) is 15.4 Å². The van der Waals surface area contributed by atoms with Gasteiger partial charge in [-0.3, -0.25) is 15.4 Å². The maximum atomic E-state index is 13.5. The standard InChI is InChI=1S/C30H35N5O8S2/c1-30(2,3)34-45(40)26-14-20(33-29(37)42-22-11-9-21(10-12-22)35(38)39)8-13-24(26)25-15-31-27(44-25)18-4-6-19(7-5-18)32-28(36)43-23-16-41-17-23/h8-15,18-19,23,34H,4-7,16-17H2,1-3H3,(H,32,36)(H,33,37). The largest absolute Gasteiger partial charge is 0.441 e. The molecule has 13 nitrogen and oxygen atoms in total. The Bertz CT molecular complexity index is 1560. The van der Waals surface area contributed by atoms with Gasteiger partial charge < -0.3 is 19.5 Å². The summed E-state index contributed by atoms with van der Waals surface area (Å²) in [5.41, 5.74) is 0.513. The van der Waals surface area contributed by atoms with Gasteiger partial charge in [-0.05, 0) is 70.7 Å². The number of amides is 2. The van der Waals surface area contributed by atoms with Gasteiger partial charge in [0.1, 0.15) is 16.7 Å². The molecular formula is C30H35N5O8S2. The molecule has 1 aliphatic heterocycles. The van der Waals surface area contributed by atoms with E-state index in [0.717, 1.165) is 41.1 Å². The Kier molecular flexibility index (Phi) is 10.1. The van der Waals surface area contributed by atoms with Crippen molar-refractivity contribution in [1.29, 1.82) is 0 Å². The number of thiazole rings is 1. The Hall–Kier alpha value is -3.92. The zero-order chi connectivity index (χ0) is 32.1. The van der Waals surface area contributed by atoms with E-state index in [9.17, 15) is 23.9 Å². The molecule has 0 radical (unpaired) electrons. The van der Waals surface area contributed by atoms with Crippen LogP contribution in [0.1, 0.15) is 57.4 Å². The lowest BCUT2D eigenvalue weighted by Crippen LogP contribution is -2.44. The number of rotatable bonds is 9. The molecule has 2 aromatic carbocycles. The molecule has 2 heterocycles. The average Bonchev–Trinajstić information content (AvgIpc) is 3.45. The highest BCUT2D eigenvalue weighted by Gasteiger charge is 2.29. The molecule has 240 valence electrons. The van der Waals surface area contributed by atoms with Gasteiger partial charge in [0.2, 0.25) is 0 Å². The smallest absolute Gasteiger partial charge is 0.417 e. The van der Waals surface area contributed by atoms with Gasteiger partial charge in [-0.2, -0.15) is 0 Å². The maximum Gasteiger partial charge on any atom is 0.417 e. The van der Waals surface area contributed by atoms with Gasteiger partial charge in [0.25, 0.3) is 5.69 Å². The molecule has 3 N–H and O–H groups in total. The number of anilines is 1. The summed E-state index contributed by atoms with van der Waals surface area (Å²) in [6, 6.07) is 10.3. The van der Waals surface area contributed by atoms with Crippen molar-refractivity contribution in [2.24, 2.45) is 0 Å². The Labute approximate surface area is 266 Å². The number of nitro benzene ring substituents is 1. The van der Waals surface area contributed by atoms with Crippen molar-refractivity contribution < 1.29 is 32.9 Å². The molecule has 1 unspecified atom stereocenters. The highest BCUT2D eigenvalue weighted by molar-refractivity contribution is 7.83. The third kappa shape index (κ3) is 8.84. The maximum absolute atomic E-state index is 13.5. The van der Waals surface area contributed by atoms with Gasteiger partial charge in [0, 0.05) is 47.1 Å². The van der Waals surface area contributed by atoms with E-state index >= 15 is 0 Å². The first-order valence-electron chi connectivity index (χ1n) is 14.5. The third-order valence-electron chi connectivity index (χ3n) is 7.15. The Morgan fingerprint density at radius 1 is 1.07 bits per heavy atom. The quantitative estimate of drug-likeness (QED) is 0.187. The van der Waals surface area contributed by atoms with E-state index in [1.807, 2.05) is 20.8 Å². The summed E-state index contributed by atoms with van der Waals surface area (Å²) in [5, 5.41) is 17.5. The Morgan fingerprint density at radius 3 is 2.40 bits per heavy atom. The zero-order valence-electron chi connectivity index (χ0n) is 25.1. The minimum Gasteiger partial charge on any atom is -0.441 e. The summed E-state index contributed by atoms with van der Waals surface area (Å²) in [6.07, 6.45) is 3.80. The molecule has 1 saturated carbocycles. The molecule has 2 fully saturated rings. The van der Waals surface area contributed by atoms with Crippen molar-refractivity contribution in [1.82, 2.24) is 15.0 Å². The molecule has 1 atom stereocenters. The van der Waals surface area contributed by atoms with E-state index in [0.29, 0.717) is 23.8 Å². The van der Waals surface area contributed by atoms with Crippen molar-refractivity contribution in [2.75, 3.05) is 18.5 Å². The molecule has 1 aromatic heterocycles. The normalized spacial score (nSPS) is 19.2. The van der Waals surface area contributed by atoms with E-state index in [4.69, 9.17) is 19.2 Å². The SMILES string of the molecule is CC(C)(C)NS(=O)c1cc(NC(=O)Oc2ccc([N+](=O)[O-])cc2)ccc1-c1cnc(C2CCC(NC(=O)OC3COC3)CC2)s1. The highest BCUT2D eigenvalue weighted by Crippen LogP contribution is 2.39. The molecule has 45 heavy (non-hydrogen) atoms. The van der Waals surface area contributed by atoms with Crippen LogP contribution < -0.4 is 20.1 Å². The minimum atomic E-state index is -1.63. The molecule has 3 aromatic rings. The zero-order valence-corrected chi connectivity index (χ0v) is 26.7. The van der Waals surface area contributed by atoms with Crippen LogP contribution >= 0.6 is 11.3 Å². The van der Waals surface area contributed by atoms with Crippen LogP contribution in [0.25, 0.3) is 10.4 Å². The fourth-order valence-corrected chi connectivity index (χ4v) is 7.37. The first kappa shape index (κ1) is 32.5. The highest BCUT2D eigenvalue weighted by atomic mass is 32.2. The summed E-state index contributed by atoms with van der Waals surface area (Å²) in [5.74, 6) is 0.383. The van der Waals surface area contributed by atoms with Crippen LogP contribution in [0.3, 0.4) is 0 Å². The van der Waals surface area contributed by atoms with Crippen molar-refractivity contribution >= 4 is 45.9 Å². The van der Waals surface area contributed by atoms with E-state index in [1.165, 1.54) is 24.3 Å². The van der Waals surface area contributed by atoms with Crippen LogP contribution in [0.5, 0.6) is 5.75 Å². The van der Waals surface area contributed by atoms with Gasteiger partial charge in [0.05, 0.1) is 32.9 Å². The number of alkyl carbamates (subject to hydrolysis) is 1. The second kappa shape index (κ2) is 14.0. The van der Waals surface area contributed by atoms with Crippen molar-refractivity contribution in [3.63, 3.8) is 0 Å². The number of nitrogens with one attached hydrogen (secondary N) is 3. The first-order chi connectivity index (χ1) is 21.4. The first-order valence-corrected chi connectivity index (χ1v) is 16.5. The predicted molar refractivity (Wildman–Crippen MR) is 169 cm³/mol. The average molecular weight is 658 g/mol.